The molecule has 0 saturated heterocycles. The SMILES string of the molecule is O=C(c1ccc(Br)s1)N(CCCl)CC(F)F. The van der Waals surface area contributed by atoms with Crippen molar-refractivity contribution < 1.29 is 13.6 Å². The molecule has 0 aliphatic carbocycles. The maximum absolute atomic E-state index is 12.2. The molecule has 0 spiro atoms. The molecule has 0 atom stereocenters. The number of hydrogen-bond acceptors (Lipinski definition) is 2. The Morgan fingerprint density at radius 3 is 2.69 bits per heavy atom. The van der Waals surface area contributed by atoms with Gasteiger partial charge in [0.1, 0.15) is 0 Å². The summed E-state index contributed by atoms with van der Waals surface area (Å²) in [7, 11) is 0. The minimum absolute atomic E-state index is 0.125. The average molecular weight is 333 g/mol. The second kappa shape index (κ2) is 6.51. The molecule has 0 fully saturated rings. The summed E-state index contributed by atoms with van der Waals surface area (Å²) in [5.41, 5.74) is 0. The first-order valence-corrected chi connectivity index (χ1v) is 6.57. The minimum atomic E-state index is -2.55. The normalized spacial score (nSPS) is 10.8. The molecule has 0 saturated carbocycles. The molecule has 1 aromatic heterocycles. The van der Waals surface area contributed by atoms with Gasteiger partial charge in [0.15, 0.2) is 0 Å². The number of hydrogen-bond donors (Lipinski definition) is 0. The van der Waals surface area contributed by atoms with Gasteiger partial charge in [-0.05, 0) is 28.1 Å². The number of alkyl halides is 3. The van der Waals surface area contributed by atoms with Gasteiger partial charge in [-0.3, -0.25) is 4.79 Å². The van der Waals surface area contributed by atoms with Crippen LogP contribution in [0.25, 0.3) is 0 Å². The quantitative estimate of drug-likeness (QED) is 0.756. The van der Waals surface area contributed by atoms with Crippen molar-refractivity contribution in [3.63, 3.8) is 0 Å². The van der Waals surface area contributed by atoms with Gasteiger partial charge in [0.25, 0.3) is 12.3 Å². The summed E-state index contributed by atoms with van der Waals surface area (Å²) < 4.78 is 25.3. The van der Waals surface area contributed by atoms with Gasteiger partial charge in [0, 0.05) is 12.4 Å². The molecule has 1 aromatic rings. The highest BCUT2D eigenvalue weighted by Gasteiger charge is 2.20. The first-order valence-electron chi connectivity index (χ1n) is 4.43. The van der Waals surface area contributed by atoms with Crippen LogP contribution in [0.1, 0.15) is 9.67 Å². The molecule has 0 aliphatic rings. The molecule has 1 rings (SSSR count). The predicted molar refractivity (Wildman–Crippen MR) is 64.6 cm³/mol. The van der Waals surface area contributed by atoms with Crippen LogP contribution < -0.4 is 0 Å². The summed E-state index contributed by atoms with van der Waals surface area (Å²) in [6.07, 6.45) is -2.55. The van der Waals surface area contributed by atoms with Crippen LogP contribution in [0.5, 0.6) is 0 Å². The van der Waals surface area contributed by atoms with Crippen LogP contribution in [0.3, 0.4) is 0 Å². The molecule has 7 heteroatoms. The Kier molecular flexibility index (Phi) is 5.64. The molecule has 0 N–H and O–H groups in total. The second-order valence-electron chi connectivity index (χ2n) is 2.93. The molecule has 0 aliphatic heterocycles. The zero-order valence-corrected chi connectivity index (χ0v) is 11.3. The lowest BCUT2D eigenvalue weighted by Gasteiger charge is -2.20. The van der Waals surface area contributed by atoms with E-state index in [4.69, 9.17) is 11.6 Å². The second-order valence-corrected chi connectivity index (χ2v) is 5.78. The molecule has 0 bridgehead atoms. The van der Waals surface area contributed by atoms with Crippen LogP contribution in [0.2, 0.25) is 0 Å². The van der Waals surface area contributed by atoms with Crippen molar-refractivity contribution in [1.29, 1.82) is 0 Å². The Labute approximate surface area is 109 Å². The largest absolute Gasteiger partial charge is 0.331 e. The van der Waals surface area contributed by atoms with Crippen molar-refractivity contribution in [3.05, 3.63) is 20.8 Å². The molecule has 2 nitrogen and oxygen atoms in total. The Bertz CT molecular complexity index is 361. The average Bonchev–Trinajstić information content (AvgIpc) is 2.62. The lowest BCUT2D eigenvalue weighted by Crippen LogP contribution is -2.36. The highest BCUT2D eigenvalue weighted by atomic mass is 79.9. The summed E-state index contributed by atoms with van der Waals surface area (Å²) in [6, 6.07) is 3.31. The van der Waals surface area contributed by atoms with E-state index in [0.717, 1.165) is 8.69 Å². The van der Waals surface area contributed by atoms with Gasteiger partial charge >= 0.3 is 0 Å². The summed E-state index contributed by atoms with van der Waals surface area (Å²) in [6.45, 7) is -0.457. The molecule has 0 unspecified atom stereocenters. The van der Waals surface area contributed by atoms with E-state index in [9.17, 15) is 13.6 Å². The lowest BCUT2D eigenvalue weighted by molar-refractivity contribution is 0.0575. The highest BCUT2D eigenvalue weighted by molar-refractivity contribution is 9.11. The molecule has 0 radical (unpaired) electrons. The molecular formula is C9H9BrClF2NOS. The van der Waals surface area contributed by atoms with Crippen LogP contribution in [-0.4, -0.2) is 36.2 Å². The van der Waals surface area contributed by atoms with Crippen molar-refractivity contribution in [3.8, 4) is 0 Å². The van der Waals surface area contributed by atoms with Gasteiger partial charge in [0.2, 0.25) is 0 Å². The monoisotopic (exact) mass is 331 g/mol. The zero-order valence-electron chi connectivity index (χ0n) is 8.13. The summed E-state index contributed by atoms with van der Waals surface area (Å²) in [4.78, 5) is 13.3. The van der Waals surface area contributed by atoms with E-state index in [1.165, 1.54) is 11.3 Å². The molecule has 1 amide bonds. The third kappa shape index (κ3) is 3.99. The molecular weight excluding hydrogens is 324 g/mol. The van der Waals surface area contributed by atoms with Gasteiger partial charge in [-0.2, -0.15) is 0 Å². The van der Waals surface area contributed by atoms with Gasteiger partial charge < -0.3 is 4.90 Å². The smallest absolute Gasteiger partial charge is 0.264 e. The maximum atomic E-state index is 12.2. The van der Waals surface area contributed by atoms with Crippen LogP contribution in [0.4, 0.5) is 8.78 Å². The van der Waals surface area contributed by atoms with Crippen molar-refractivity contribution in [1.82, 2.24) is 4.90 Å². The number of carbonyl (C=O) groups is 1. The molecule has 90 valence electrons. The number of nitrogens with zero attached hydrogens (tertiary/aromatic N) is 1. The van der Waals surface area contributed by atoms with E-state index in [2.05, 4.69) is 15.9 Å². The van der Waals surface area contributed by atoms with Gasteiger partial charge in [-0.1, -0.05) is 0 Å². The van der Waals surface area contributed by atoms with Crippen molar-refractivity contribution >= 4 is 44.8 Å². The zero-order chi connectivity index (χ0) is 12.1. The van der Waals surface area contributed by atoms with Crippen molar-refractivity contribution in [2.75, 3.05) is 19.0 Å². The lowest BCUT2D eigenvalue weighted by atomic mass is 10.4. The standard InChI is InChI=1S/C9H9BrClF2NOS/c10-7-2-1-6(16-7)9(15)14(4-3-11)5-8(12)13/h1-2,8H,3-5H2. The van der Waals surface area contributed by atoms with E-state index < -0.39 is 18.9 Å². The van der Waals surface area contributed by atoms with E-state index >= 15 is 0 Å². The number of rotatable bonds is 5. The van der Waals surface area contributed by atoms with E-state index in [0.29, 0.717) is 4.88 Å². The highest BCUT2D eigenvalue weighted by Crippen LogP contribution is 2.23. The van der Waals surface area contributed by atoms with Crippen LogP contribution in [0.15, 0.2) is 15.9 Å². The van der Waals surface area contributed by atoms with E-state index in [-0.39, 0.29) is 12.4 Å². The molecule has 0 aromatic carbocycles. The van der Waals surface area contributed by atoms with Crippen molar-refractivity contribution in [2.24, 2.45) is 0 Å². The Balaban J connectivity index is 2.74. The van der Waals surface area contributed by atoms with Crippen LogP contribution >= 0.6 is 38.9 Å². The first-order chi connectivity index (χ1) is 7.54. The Morgan fingerprint density at radius 1 is 1.56 bits per heavy atom. The fourth-order valence-electron chi connectivity index (χ4n) is 1.13. The summed E-state index contributed by atoms with van der Waals surface area (Å²) >= 11 is 9.90. The van der Waals surface area contributed by atoms with Gasteiger partial charge in [-0.15, -0.1) is 22.9 Å². The number of carbonyl (C=O) groups excluding carboxylic acids is 1. The fraction of sp³-hybridized carbons (Fsp3) is 0.444. The Morgan fingerprint density at radius 2 is 2.25 bits per heavy atom. The van der Waals surface area contributed by atoms with E-state index in [1.54, 1.807) is 12.1 Å². The maximum Gasteiger partial charge on any atom is 0.264 e. The van der Waals surface area contributed by atoms with Crippen molar-refractivity contribution in [2.45, 2.75) is 6.43 Å². The third-order valence-electron chi connectivity index (χ3n) is 1.78. The number of amides is 1. The fourth-order valence-corrected chi connectivity index (χ4v) is 2.69. The van der Waals surface area contributed by atoms with Gasteiger partial charge in [-0.25, -0.2) is 8.78 Å². The first kappa shape index (κ1) is 13.9. The third-order valence-corrected chi connectivity index (χ3v) is 3.56. The molecule has 16 heavy (non-hydrogen) atoms. The summed E-state index contributed by atoms with van der Waals surface area (Å²) in [5.74, 6) is -0.262. The molecule has 1 heterocycles. The Hall–Kier alpha value is -0.200. The van der Waals surface area contributed by atoms with Crippen LogP contribution in [0, 0.1) is 0 Å². The number of thiophene rings is 1. The summed E-state index contributed by atoms with van der Waals surface area (Å²) in [5, 5.41) is 0. The minimum Gasteiger partial charge on any atom is -0.331 e. The van der Waals surface area contributed by atoms with E-state index in [1.807, 2.05) is 0 Å². The predicted octanol–water partition coefficient (Wildman–Crippen LogP) is 3.46. The number of halogens is 4. The van der Waals surface area contributed by atoms with Gasteiger partial charge in [0.05, 0.1) is 15.2 Å². The topological polar surface area (TPSA) is 20.3 Å². The van der Waals surface area contributed by atoms with Crippen LogP contribution in [-0.2, 0) is 0 Å².